The van der Waals surface area contributed by atoms with Crippen molar-refractivity contribution in [2.24, 2.45) is 0 Å². The summed E-state index contributed by atoms with van der Waals surface area (Å²) in [7, 11) is 0. The number of hydrogen-bond acceptors (Lipinski definition) is 5. The Morgan fingerprint density at radius 1 is 0.844 bits per heavy atom. The summed E-state index contributed by atoms with van der Waals surface area (Å²) < 4.78 is 0. The van der Waals surface area contributed by atoms with Crippen molar-refractivity contribution in [3.05, 3.63) is 103 Å². The minimum atomic E-state index is -0.538. The van der Waals surface area contributed by atoms with Crippen molar-refractivity contribution in [1.29, 1.82) is 5.26 Å². The number of benzene rings is 4. The molecule has 0 aliphatic carbocycles. The van der Waals surface area contributed by atoms with Gasteiger partial charge in [-0.15, -0.1) is 0 Å². The van der Waals surface area contributed by atoms with Crippen LogP contribution in [0.1, 0.15) is 0 Å². The van der Waals surface area contributed by atoms with Crippen LogP contribution in [0.15, 0.2) is 113 Å². The molecule has 0 saturated carbocycles. The maximum absolute atomic E-state index is 12.8. The van der Waals surface area contributed by atoms with Crippen molar-refractivity contribution < 1.29 is 9.90 Å². The zero-order valence-corrected chi connectivity index (χ0v) is 17.8. The van der Waals surface area contributed by atoms with Crippen LogP contribution in [0.2, 0.25) is 0 Å². The number of phenolic OH excluding ortho intramolecular Hbond substituents is 1. The van der Waals surface area contributed by atoms with Crippen molar-refractivity contribution in [3.63, 3.8) is 0 Å². The van der Waals surface area contributed by atoms with Gasteiger partial charge in [0.15, 0.2) is 0 Å². The summed E-state index contributed by atoms with van der Waals surface area (Å²) in [6.45, 7) is 0. The number of nitrogens with one attached hydrogen (secondary N) is 2. The van der Waals surface area contributed by atoms with E-state index in [2.05, 4.69) is 10.6 Å². The number of nitrogens with zero attached hydrogens (tertiary/aromatic N) is 1. The van der Waals surface area contributed by atoms with E-state index in [4.69, 9.17) is 0 Å². The van der Waals surface area contributed by atoms with Crippen LogP contribution >= 0.6 is 11.8 Å². The van der Waals surface area contributed by atoms with Gasteiger partial charge in [0.1, 0.15) is 17.4 Å². The SMILES string of the molecule is N#C/C(=C/Nc1ccccc1Sc1ccccc1)C(=O)Nc1cccc2c(O)cccc12. The first-order valence-electron chi connectivity index (χ1n) is 9.86. The van der Waals surface area contributed by atoms with Crippen molar-refractivity contribution in [3.8, 4) is 11.8 Å². The molecule has 0 saturated heterocycles. The molecule has 6 heteroatoms. The normalized spacial score (nSPS) is 11.0. The predicted octanol–water partition coefficient (Wildman–Crippen LogP) is 6.15. The molecule has 1 amide bonds. The van der Waals surface area contributed by atoms with Gasteiger partial charge in [0, 0.05) is 32.5 Å². The number of aromatic hydroxyl groups is 1. The molecule has 0 radical (unpaired) electrons. The van der Waals surface area contributed by atoms with E-state index in [1.807, 2.05) is 60.7 Å². The zero-order valence-electron chi connectivity index (χ0n) is 16.9. The molecule has 0 unspecified atom stereocenters. The number of fused-ring (bicyclic) bond motifs is 1. The lowest BCUT2D eigenvalue weighted by Gasteiger charge is -2.11. The van der Waals surface area contributed by atoms with E-state index in [0.29, 0.717) is 16.5 Å². The third kappa shape index (κ3) is 4.75. The van der Waals surface area contributed by atoms with Crippen molar-refractivity contribution >= 4 is 39.8 Å². The molecule has 4 aromatic rings. The van der Waals surface area contributed by atoms with Gasteiger partial charge in [-0.3, -0.25) is 4.79 Å². The molecule has 156 valence electrons. The number of carbonyl (C=O) groups is 1. The number of hydrogen-bond donors (Lipinski definition) is 3. The van der Waals surface area contributed by atoms with Crippen LogP contribution in [0.4, 0.5) is 11.4 Å². The molecule has 0 spiro atoms. The van der Waals surface area contributed by atoms with Gasteiger partial charge in [-0.25, -0.2) is 0 Å². The van der Waals surface area contributed by atoms with E-state index >= 15 is 0 Å². The number of amides is 1. The Hall–Kier alpha value is -4.21. The summed E-state index contributed by atoms with van der Waals surface area (Å²) in [5.74, 6) is -0.409. The molecular weight excluding hydrogens is 418 g/mol. The van der Waals surface area contributed by atoms with Crippen molar-refractivity contribution in [2.45, 2.75) is 9.79 Å². The lowest BCUT2D eigenvalue weighted by Crippen LogP contribution is -2.14. The fraction of sp³-hybridized carbons (Fsp3) is 0. The van der Waals surface area contributed by atoms with Crippen molar-refractivity contribution in [1.82, 2.24) is 0 Å². The topological polar surface area (TPSA) is 85.2 Å². The highest BCUT2D eigenvalue weighted by Crippen LogP contribution is 2.33. The standard InChI is InChI=1S/C26H19N3O2S/c27-16-18(26(31)29-22-13-6-11-21-20(22)10-7-14-24(21)30)17-28-23-12-4-5-15-25(23)32-19-8-2-1-3-9-19/h1-15,17,28,30H,(H,29,31)/b18-17-. The number of rotatable bonds is 6. The van der Waals surface area contributed by atoms with Gasteiger partial charge in [0.25, 0.3) is 5.91 Å². The van der Waals surface area contributed by atoms with Crippen LogP contribution in [-0.2, 0) is 4.79 Å². The van der Waals surface area contributed by atoms with E-state index in [0.717, 1.165) is 15.5 Å². The summed E-state index contributed by atoms with van der Waals surface area (Å²) in [4.78, 5) is 14.8. The Morgan fingerprint density at radius 3 is 2.34 bits per heavy atom. The Morgan fingerprint density at radius 2 is 1.53 bits per heavy atom. The molecule has 32 heavy (non-hydrogen) atoms. The molecule has 0 aliphatic rings. The van der Waals surface area contributed by atoms with Crippen molar-refractivity contribution in [2.75, 3.05) is 10.6 Å². The lowest BCUT2D eigenvalue weighted by molar-refractivity contribution is -0.112. The first kappa shape index (κ1) is 21.0. The number of nitriles is 1. The average Bonchev–Trinajstić information content (AvgIpc) is 2.82. The average molecular weight is 438 g/mol. The first-order valence-corrected chi connectivity index (χ1v) is 10.7. The van der Waals surface area contributed by atoms with Gasteiger partial charge in [0.2, 0.25) is 0 Å². The van der Waals surface area contributed by atoms with Crippen LogP contribution < -0.4 is 10.6 Å². The molecular formula is C26H19N3O2S. The molecule has 0 aliphatic heterocycles. The third-order valence-corrected chi connectivity index (χ3v) is 5.83. The van der Waals surface area contributed by atoms with E-state index in [1.54, 1.807) is 48.2 Å². The maximum Gasteiger partial charge on any atom is 0.267 e. The monoisotopic (exact) mass is 437 g/mol. The highest BCUT2D eigenvalue weighted by atomic mass is 32.2. The Bertz CT molecular complexity index is 1340. The quantitative estimate of drug-likeness (QED) is 0.249. The minimum absolute atomic E-state index is 0.0679. The molecule has 5 nitrogen and oxygen atoms in total. The molecule has 0 bridgehead atoms. The van der Waals surface area contributed by atoms with Gasteiger partial charge >= 0.3 is 0 Å². The lowest BCUT2D eigenvalue weighted by atomic mass is 10.1. The molecule has 0 fully saturated rings. The van der Waals surface area contributed by atoms with E-state index in [-0.39, 0.29) is 11.3 Å². The predicted molar refractivity (Wildman–Crippen MR) is 129 cm³/mol. The molecule has 0 atom stereocenters. The summed E-state index contributed by atoms with van der Waals surface area (Å²) in [6, 6.07) is 29.9. The Balaban J connectivity index is 1.54. The summed E-state index contributed by atoms with van der Waals surface area (Å²) in [5, 5.41) is 26.8. The van der Waals surface area contributed by atoms with E-state index < -0.39 is 5.91 Å². The van der Waals surface area contributed by atoms with E-state index in [9.17, 15) is 15.2 Å². The minimum Gasteiger partial charge on any atom is -0.507 e. The summed E-state index contributed by atoms with van der Waals surface area (Å²) in [6.07, 6.45) is 1.41. The second-order valence-corrected chi connectivity index (χ2v) is 7.97. The molecule has 0 heterocycles. The van der Waals surface area contributed by atoms with Crippen LogP contribution in [0.5, 0.6) is 5.75 Å². The highest BCUT2D eigenvalue weighted by Gasteiger charge is 2.12. The van der Waals surface area contributed by atoms with Gasteiger partial charge in [-0.05, 0) is 36.4 Å². The fourth-order valence-corrected chi connectivity index (χ4v) is 4.11. The maximum atomic E-state index is 12.8. The fourth-order valence-electron chi connectivity index (χ4n) is 3.18. The Kier molecular flexibility index (Phi) is 6.40. The number of para-hydroxylation sites is 1. The molecule has 3 N–H and O–H groups in total. The summed E-state index contributed by atoms with van der Waals surface area (Å²) >= 11 is 1.59. The zero-order chi connectivity index (χ0) is 22.3. The van der Waals surface area contributed by atoms with Gasteiger partial charge < -0.3 is 15.7 Å². The van der Waals surface area contributed by atoms with Crippen LogP contribution in [0.25, 0.3) is 10.8 Å². The van der Waals surface area contributed by atoms with Gasteiger partial charge in [-0.2, -0.15) is 5.26 Å². The van der Waals surface area contributed by atoms with Gasteiger partial charge in [-0.1, -0.05) is 66.4 Å². The van der Waals surface area contributed by atoms with Gasteiger partial charge in [0.05, 0.1) is 5.69 Å². The smallest absolute Gasteiger partial charge is 0.267 e. The molecule has 4 rings (SSSR count). The van der Waals surface area contributed by atoms with Crippen LogP contribution in [-0.4, -0.2) is 11.0 Å². The van der Waals surface area contributed by atoms with Crippen LogP contribution in [0.3, 0.4) is 0 Å². The number of anilines is 2. The number of carbonyl (C=O) groups excluding carboxylic acids is 1. The molecule has 0 aromatic heterocycles. The second-order valence-electron chi connectivity index (χ2n) is 6.86. The largest absolute Gasteiger partial charge is 0.507 e. The van der Waals surface area contributed by atoms with E-state index in [1.165, 1.54) is 6.20 Å². The molecule has 4 aromatic carbocycles. The second kappa shape index (κ2) is 9.73. The highest BCUT2D eigenvalue weighted by molar-refractivity contribution is 7.99. The van der Waals surface area contributed by atoms with Crippen LogP contribution in [0, 0.1) is 11.3 Å². The Labute approximate surface area is 190 Å². The first-order chi connectivity index (χ1) is 15.7. The summed E-state index contributed by atoms with van der Waals surface area (Å²) in [5.41, 5.74) is 1.24. The number of phenols is 1. The third-order valence-electron chi connectivity index (χ3n) is 4.74.